The third kappa shape index (κ3) is 4.30. The Hall–Kier alpha value is -1.16. The molecule has 2 N–H and O–H groups in total. The van der Waals surface area contributed by atoms with Crippen molar-refractivity contribution in [3.05, 3.63) is 29.3 Å². The van der Waals surface area contributed by atoms with Gasteiger partial charge >= 0.3 is 0 Å². The fourth-order valence-corrected chi connectivity index (χ4v) is 2.02. The molecule has 0 aromatic heterocycles. The molecule has 0 atom stereocenters. The molecule has 1 aromatic carbocycles. The van der Waals surface area contributed by atoms with E-state index in [4.69, 9.17) is 0 Å². The van der Waals surface area contributed by atoms with Gasteiger partial charge in [0.2, 0.25) is 0 Å². The molecule has 3 nitrogen and oxygen atoms in total. The van der Waals surface area contributed by atoms with Crippen LogP contribution in [-0.2, 0) is 0 Å². The lowest BCUT2D eigenvalue weighted by Crippen LogP contribution is -2.18. The van der Waals surface area contributed by atoms with Crippen LogP contribution < -0.4 is 10.6 Å². The summed E-state index contributed by atoms with van der Waals surface area (Å²) < 4.78 is 0. The molecule has 0 fully saturated rings. The van der Waals surface area contributed by atoms with Gasteiger partial charge in [0.15, 0.2) is 0 Å². The van der Waals surface area contributed by atoms with E-state index in [2.05, 4.69) is 16.9 Å². The molecule has 0 aliphatic rings. The highest BCUT2D eigenvalue weighted by atomic mass is 32.2. The van der Waals surface area contributed by atoms with E-state index >= 15 is 0 Å². The third-order valence-corrected chi connectivity index (χ3v) is 3.25. The topological polar surface area (TPSA) is 41.1 Å². The quantitative estimate of drug-likeness (QED) is 0.764. The van der Waals surface area contributed by atoms with Crippen LogP contribution in [0.3, 0.4) is 0 Å². The molecular weight excluding hydrogens is 232 g/mol. The standard InChI is InChI=1S/C13H20N2OS/c1-10-9-11(13(16)14-2)5-6-12(10)15-7-4-8-17-3/h5-6,9,15H,4,7-8H2,1-3H3,(H,14,16). The van der Waals surface area contributed by atoms with Crippen molar-refractivity contribution in [2.24, 2.45) is 0 Å². The maximum Gasteiger partial charge on any atom is 0.251 e. The van der Waals surface area contributed by atoms with E-state index in [9.17, 15) is 4.79 Å². The Kier molecular flexibility index (Phi) is 5.91. The Morgan fingerprint density at radius 3 is 2.76 bits per heavy atom. The summed E-state index contributed by atoms with van der Waals surface area (Å²) in [6.07, 6.45) is 3.27. The number of aryl methyl sites for hydroxylation is 1. The van der Waals surface area contributed by atoms with Gasteiger partial charge < -0.3 is 10.6 Å². The predicted octanol–water partition coefficient (Wildman–Crippen LogP) is 2.52. The number of nitrogens with one attached hydrogen (secondary N) is 2. The lowest BCUT2D eigenvalue weighted by Gasteiger charge is -2.10. The number of rotatable bonds is 6. The van der Waals surface area contributed by atoms with Gasteiger partial charge in [-0.15, -0.1) is 0 Å². The van der Waals surface area contributed by atoms with E-state index in [-0.39, 0.29) is 5.91 Å². The molecule has 1 rings (SSSR count). The third-order valence-electron chi connectivity index (χ3n) is 2.56. The molecule has 0 spiro atoms. The molecule has 0 radical (unpaired) electrons. The summed E-state index contributed by atoms with van der Waals surface area (Å²) in [5, 5.41) is 6.01. The molecule has 0 heterocycles. The zero-order valence-electron chi connectivity index (χ0n) is 10.7. The highest BCUT2D eigenvalue weighted by molar-refractivity contribution is 7.98. The van der Waals surface area contributed by atoms with Gasteiger partial charge in [0, 0.05) is 24.8 Å². The van der Waals surface area contributed by atoms with E-state index in [1.807, 2.05) is 36.9 Å². The zero-order valence-corrected chi connectivity index (χ0v) is 11.5. The molecule has 0 aliphatic heterocycles. The minimum atomic E-state index is -0.0398. The fraction of sp³-hybridized carbons (Fsp3) is 0.462. The molecule has 0 bridgehead atoms. The van der Waals surface area contributed by atoms with E-state index in [1.165, 1.54) is 5.75 Å². The summed E-state index contributed by atoms with van der Waals surface area (Å²) in [5.74, 6) is 1.13. The monoisotopic (exact) mass is 252 g/mol. The molecule has 0 saturated heterocycles. The van der Waals surface area contributed by atoms with Crippen LogP contribution in [0, 0.1) is 6.92 Å². The van der Waals surface area contributed by atoms with Crippen molar-refractivity contribution in [2.75, 3.05) is 30.9 Å². The first-order chi connectivity index (χ1) is 8.19. The molecule has 1 aromatic rings. The predicted molar refractivity (Wildman–Crippen MR) is 76.1 cm³/mol. The van der Waals surface area contributed by atoms with Crippen LogP contribution in [0.25, 0.3) is 0 Å². The molecule has 0 saturated carbocycles. The van der Waals surface area contributed by atoms with Gasteiger partial charge in [-0.3, -0.25) is 4.79 Å². The molecule has 94 valence electrons. The van der Waals surface area contributed by atoms with Crippen LogP contribution >= 0.6 is 11.8 Å². The lowest BCUT2D eigenvalue weighted by atomic mass is 10.1. The van der Waals surface area contributed by atoms with E-state index in [1.54, 1.807) is 7.05 Å². The second-order valence-corrected chi connectivity index (χ2v) is 4.87. The van der Waals surface area contributed by atoms with Gasteiger partial charge in [0.1, 0.15) is 0 Å². The number of carbonyl (C=O) groups excluding carboxylic acids is 1. The summed E-state index contributed by atoms with van der Waals surface area (Å²) in [6.45, 7) is 2.99. The first kappa shape index (κ1) is 13.9. The summed E-state index contributed by atoms with van der Waals surface area (Å²) in [7, 11) is 1.65. The first-order valence-electron chi connectivity index (χ1n) is 5.74. The van der Waals surface area contributed by atoms with Crippen molar-refractivity contribution in [1.82, 2.24) is 5.32 Å². The van der Waals surface area contributed by atoms with Crippen molar-refractivity contribution >= 4 is 23.4 Å². The largest absolute Gasteiger partial charge is 0.385 e. The number of benzene rings is 1. The number of anilines is 1. The number of thioether (sulfide) groups is 1. The number of amides is 1. The van der Waals surface area contributed by atoms with Gasteiger partial charge in [-0.25, -0.2) is 0 Å². The van der Waals surface area contributed by atoms with Crippen LogP contribution in [0.1, 0.15) is 22.3 Å². The van der Waals surface area contributed by atoms with E-state index in [0.717, 1.165) is 24.2 Å². The van der Waals surface area contributed by atoms with Crippen molar-refractivity contribution < 1.29 is 4.79 Å². The van der Waals surface area contributed by atoms with E-state index in [0.29, 0.717) is 5.56 Å². The summed E-state index contributed by atoms with van der Waals surface area (Å²) in [5.41, 5.74) is 2.92. The van der Waals surface area contributed by atoms with Crippen molar-refractivity contribution in [3.8, 4) is 0 Å². The van der Waals surface area contributed by atoms with Gasteiger partial charge in [-0.05, 0) is 49.1 Å². The second-order valence-electron chi connectivity index (χ2n) is 3.88. The number of hydrogen-bond acceptors (Lipinski definition) is 3. The summed E-state index contributed by atoms with van der Waals surface area (Å²) in [6, 6.07) is 5.73. The lowest BCUT2D eigenvalue weighted by molar-refractivity contribution is 0.0963. The summed E-state index contributed by atoms with van der Waals surface area (Å²) >= 11 is 1.86. The molecular formula is C13H20N2OS. The van der Waals surface area contributed by atoms with Gasteiger partial charge in [-0.2, -0.15) is 11.8 Å². The minimum Gasteiger partial charge on any atom is -0.385 e. The van der Waals surface area contributed by atoms with Crippen molar-refractivity contribution in [3.63, 3.8) is 0 Å². The Morgan fingerprint density at radius 2 is 2.18 bits per heavy atom. The van der Waals surface area contributed by atoms with Crippen molar-refractivity contribution in [2.45, 2.75) is 13.3 Å². The van der Waals surface area contributed by atoms with Crippen LogP contribution in [-0.4, -0.2) is 31.5 Å². The maximum absolute atomic E-state index is 11.4. The summed E-state index contributed by atoms with van der Waals surface area (Å²) in [4.78, 5) is 11.4. The van der Waals surface area contributed by atoms with Gasteiger partial charge in [0.25, 0.3) is 5.91 Å². The average Bonchev–Trinajstić information content (AvgIpc) is 2.35. The van der Waals surface area contributed by atoms with Crippen molar-refractivity contribution in [1.29, 1.82) is 0 Å². The zero-order chi connectivity index (χ0) is 12.7. The average molecular weight is 252 g/mol. The molecule has 0 aliphatic carbocycles. The molecule has 1 amide bonds. The van der Waals surface area contributed by atoms with Gasteiger partial charge in [-0.1, -0.05) is 0 Å². The second kappa shape index (κ2) is 7.22. The smallest absolute Gasteiger partial charge is 0.251 e. The van der Waals surface area contributed by atoms with Gasteiger partial charge in [0.05, 0.1) is 0 Å². The molecule has 17 heavy (non-hydrogen) atoms. The molecule has 0 unspecified atom stereocenters. The molecule has 4 heteroatoms. The van der Waals surface area contributed by atoms with Crippen LogP contribution in [0.15, 0.2) is 18.2 Å². The Balaban J connectivity index is 2.60. The highest BCUT2D eigenvalue weighted by Crippen LogP contribution is 2.16. The number of hydrogen-bond donors (Lipinski definition) is 2. The Bertz CT molecular complexity index is 380. The fourth-order valence-electron chi connectivity index (χ4n) is 1.59. The minimum absolute atomic E-state index is 0.0398. The van der Waals surface area contributed by atoms with E-state index < -0.39 is 0 Å². The number of carbonyl (C=O) groups is 1. The van der Waals surface area contributed by atoms with Crippen LogP contribution in [0.5, 0.6) is 0 Å². The SMILES string of the molecule is CNC(=O)c1ccc(NCCCSC)c(C)c1. The van der Waals surface area contributed by atoms with Crippen LogP contribution in [0.2, 0.25) is 0 Å². The Morgan fingerprint density at radius 1 is 1.41 bits per heavy atom. The highest BCUT2D eigenvalue weighted by Gasteiger charge is 2.05. The normalized spacial score (nSPS) is 10.1. The van der Waals surface area contributed by atoms with Crippen LogP contribution in [0.4, 0.5) is 5.69 Å². The maximum atomic E-state index is 11.4. The Labute approximate surface area is 107 Å². The first-order valence-corrected chi connectivity index (χ1v) is 7.14.